The van der Waals surface area contributed by atoms with Crippen LogP contribution in [0.15, 0.2) is 5.16 Å². The highest BCUT2D eigenvalue weighted by molar-refractivity contribution is 5.81. The third kappa shape index (κ3) is 4.61. The highest BCUT2D eigenvalue weighted by atomic mass is 16.4. The first kappa shape index (κ1) is 10.2. The van der Waals surface area contributed by atoms with Crippen LogP contribution in [0.25, 0.3) is 0 Å². The van der Waals surface area contributed by atoms with E-state index in [2.05, 4.69) is 23.9 Å². The molecule has 0 spiro atoms. The monoisotopic (exact) mass is 159 g/mol. The Hall–Kier alpha value is -0.770. The largest absolute Gasteiger partial charge is 0.409 e. The van der Waals surface area contributed by atoms with E-state index in [0.717, 1.165) is 19.5 Å². The number of amidine groups is 1. The van der Waals surface area contributed by atoms with Gasteiger partial charge in [0.05, 0.1) is 6.54 Å². The maximum absolute atomic E-state index is 8.28. The molecule has 0 rings (SSSR count). The first-order chi connectivity index (χ1) is 5.24. The summed E-state index contributed by atoms with van der Waals surface area (Å²) in [4.78, 5) is 2.12. The molecule has 0 saturated carbocycles. The van der Waals surface area contributed by atoms with Gasteiger partial charge >= 0.3 is 0 Å². The second kappa shape index (κ2) is 5.97. The van der Waals surface area contributed by atoms with Crippen LogP contribution in [0, 0.1) is 0 Å². The number of oxime groups is 1. The maximum atomic E-state index is 8.28. The van der Waals surface area contributed by atoms with Crippen LogP contribution >= 0.6 is 0 Å². The van der Waals surface area contributed by atoms with E-state index in [-0.39, 0.29) is 5.84 Å². The van der Waals surface area contributed by atoms with Crippen molar-refractivity contribution in [3.63, 3.8) is 0 Å². The molecule has 0 aliphatic rings. The molecule has 0 atom stereocenters. The smallest absolute Gasteiger partial charge is 0.153 e. The van der Waals surface area contributed by atoms with Crippen molar-refractivity contribution in [1.29, 1.82) is 0 Å². The minimum Gasteiger partial charge on any atom is -0.409 e. The van der Waals surface area contributed by atoms with Gasteiger partial charge in [-0.2, -0.15) is 0 Å². The van der Waals surface area contributed by atoms with Gasteiger partial charge < -0.3 is 10.9 Å². The molecule has 3 N–H and O–H groups in total. The van der Waals surface area contributed by atoms with E-state index in [4.69, 9.17) is 10.9 Å². The average Bonchev–Trinajstić information content (AvgIpc) is 2.03. The van der Waals surface area contributed by atoms with Crippen LogP contribution in [0.3, 0.4) is 0 Å². The molecule has 0 bridgehead atoms. The van der Waals surface area contributed by atoms with E-state index in [0.29, 0.717) is 6.54 Å². The molecule has 0 aromatic rings. The van der Waals surface area contributed by atoms with Gasteiger partial charge in [0.25, 0.3) is 0 Å². The van der Waals surface area contributed by atoms with Crippen molar-refractivity contribution < 1.29 is 5.21 Å². The molecule has 0 amide bonds. The summed E-state index contributed by atoms with van der Waals surface area (Å²) >= 11 is 0. The number of rotatable bonds is 5. The van der Waals surface area contributed by atoms with Gasteiger partial charge in [-0.05, 0) is 19.5 Å². The number of likely N-dealkylation sites (N-methyl/N-ethyl adjacent to an activating group) is 1. The molecule has 0 heterocycles. The van der Waals surface area contributed by atoms with Gasteiger partial charge in [0.15, 0.2) is 5.84 Å². The van der Waals surface area contributed by atoms with Gasteiger partial charge in [-0.1, -0.05) is 19.0 Å². The molecule has 0 aliphatic carbocycles. The van der Waals surface area contributed by atoms with Crippen LogP contribution in [0.5, 0.6) is 0 Å². The van der Waals surface area contributed by atoms with Crippen molar-refractivity contribution >= 4 is 5.84 Å². The molecule has 0 radical (unpaired) electrons. The van der Waals surface area contributed by atoms with Crippen LogP contribution < -0.4 is 5.73 Å². The molecule has 0 aromatic heterocycles. The van der Waals surface area contributed by atoms with Crippen molar-refractivity contribution in [2.75, 3.05) is 19.6 Å². The molecule has 4 heteroatoms. The van der Waals surface area contributed by atoms with Crippen LogP contribution in [-0.4, -0.2) is 35.6 Å². The Morgan fingerprint density at radius 2 is 2.18 bits per heavy atom. The summed E-state index contributed by atoms with van der Waals surface area (Å²) in [6, 6.07) is 0. The average molecular weight is 159 g/mol. The van der Waals surface area contributed by atoms with Gasteiger partial charge in [0.2, 0.25) is 0 Å². The van der Waals surface area contributed by atoms with Gasteiger partial charge in [-0.25, -0.2) is 0 Å². The lowest BCUT2D eigenvalue weighted by Gasteiger charge is -2.17. The second-order valence-electron chi connectivity index (χ2n) is 2.46. The predicted molar refractivity (Wildman–Crippen MR) is 45.8 cm³/mol. The molecule has 0 saturated heterocycles. The molecule has 0 unspecified atom stereocenters. The summed E-state index contributed by atoms with van der Waals surface area (Å²) in [6.07, 6.45) is 1.09. The standard InChI is InChI=1S/C7H17N3O/c1-3-5-10(4-2)6-7(8)9-11/h11H,3-6H2,1-2H3,(H2,8,9). The normalized spacial score (nSPS) is 12.5. The van der Waals surface area contributed by atoms with E-state index in [1.807, 2.05) is 0 Å². The summed E-state index contributed by atoms with van der Waals surface area (Å²) in [7, 11) is 0. The Labute approximate surface area is 67.7 Å². The van der Waals surface area contributed by atoms with Crippen molar-refractivity contribution in [3.05, 3.63) is 0 Å². The number of nitrogens with two attached hydrogens (primary N) is 1. The Morgan fingerprint density at radius 3 is 2.55 bits per heavy atom. The number of nitrogens with zero attached hydrogens (tertiary/aromatic N) is 2. The van der Waals surface area contributed by atoms with Gasteiger partial charge in [0.1, 0.15) is 0 Å². The summed E-state index contributed by atoms with van der Waals surface area (Å²) in [5.74, 6) is 0.278. The van der Waals surface area contributed by atoms with Gasteiger partial charge in [-0.3, -0.25) is 4.90 Å². The third-order valence-corrected chi connectivity index (χ3v) is 1.50. The highest BCUT2D eigenvalue weighted by Gasteiger charge is 2.02. The van der Waals surface area contributed by atoms with E-state index in [9.17, 15) is 0 Å². The van der Waals surface area contributed by atoms with Crippen LogP contribution in [0.4, 0.5) is 0 Å². The number of hydrogen-bond acceptors (Lipinski definition) is 3. The first-order valence-electron chi connectivity index (χ1n) is 3.93. The highest BCUT2D eigenvalue weighted by Crippen LogP contribution is 1.89. The minimum atomic E-state index is 0.278. The SMILES string of the molecule is CCCN(CC)C/C(N)=N/O. The van der Waals surface area contributed by atoms with Crippen LogP contribution in [0.1, 0.15) is 20.3 Å². The van der Waals surface area contributed by atoms with E-state index in [1.54, 1.807) is 0 Å². The fourth-order valence-corrected chi connectivity index (χ4v) is 0.926. The minimum absolute atomic E-state index is 0.278. The van der Waals surface area contributed by atoms with Crippen LogP contribution in [-0.2, 0) is 0 Å². The zero-order valence-corrected chi connectivity index (χ0v) is 7.25. The Morgan fingerprint density at radius 1 is 1.55 bits per heavy atom. The van der Waals surface area contributed by atoms with Crippen molar-refractivity contribution in [1.82, 2.24) is 4.90 Å². The van der Waals surface area contributed by atoms with E-state index >= 15 is 0 Å². The van der Waals surface area contributed by atoms with Gasteiger partial charge in [-0.15, -0.1) is 0 Å². The Balaban J connectivity index is 3.68. The maximum Gasteiger partial charge on any atom is 0.153 e. The quantitative estimate of drug-likeness (QED) is 0.265. The predicted octanol–water partition coefficient (Wildman–Crippen LogP) is 0.465. The molecule has 11 heavy (non-hydrogen) atoms. The van der Waals surface area contributed by atoms with Crippen molar-refractivity contribution in [2.45, 2.75) is 20.3 Å². The fraction of sp³-hybridized carbons (Fsp3) is 0.857. The summed E-state index contributed by atoms with van der Waals surface area (Å²) in [6.45, 7) is 6.65. The molecule has 4 nitrogen and oxygen atoms in total. The first-order valence-corrected chi connectivity index (χ1v) is 3.93. The van der Waals surface area contributed by atoms with E-state index < -0.39 is 0 Å². The zero-order valence-electron chi connectivity index (χ0n) is 7.25. The summed E-state index contributed by atoms with van der Waals surface area (Å²) < 4.78 is 0. The van der Waals surface area contributed by atoms with E-state index in [1.165, 1.54) is 0 Å². The Bertz CT molecular complexity index is 125. The molecule has 0 aliphatic heterocycles. The fourth-order valence-electron chi connectivity index (χ4n) is 0.926. The zero-order chi connectivity index (χ0) is 8.69. The molecule has 0 fully saturated rings. The molecular formula is C7H17N3O. The lowest BCUT2D eigenvalue weighted by molar-refractivity contribution is 0.298. The van der Waals surface area contributed by atoms with Crippen LogP contribution in [0.2, 0.25) is 0 Å². The Kier molecular flexibility index (Phi) is 5.56. The molecule has 0 aromatic carbocycles. The molecular weight excluding hydrogens is 142 g/mol. The lowest BCUT2D eigenvalue weighted by Crippen LogP contribution is -2.34. The molecule has 66 valence electrons. The number of hydrogen-bond donors (Lipinski definition) is 2. The summed E-state index contributed by atoms with van der Waals surface area (Å²) in [5, 5.41) is 11.2. The third-order valence-electron chi connectivity index (χ3n) is 1.50. The topological polar surface area (TPSA) is 61.8 Å². The van der Waals surface area contributed by atoms with Crippen molar-refractivity contribution in [2.24, 2.45) is 10.9 Å². The lowest BCUT2D eigenvalue weighted by atomic mass is 10.4. The second-order valence-corrected chi connectivity index (χ2v) is 2.46. The van der Waals surface area contributed by atoms with Crippen molar-refractivity contribution in [3.8, 4) is 0 Å². The summed E-state index contributed by atoms with van der Waals surface area (Å²) in [5.41, 5.74) is 5.34. The van der Waals surface area contributed by atoms with Gasteiger partial charge in [0, 0.05) is 0 Å².